The quantitative estimate of drug-likeness (QED) is 0.629. The van der Waals surface area contributed by atoms with Crippen LogP contribution in [0.25, 0.3) is 10.9 Å². The van der Waals surface area contributed by atoms with E-state index < -0.39 is 0 Å². The monoisotopic (exact) mass is 260 g/mol. The highest BCUT2D eigenvalue weighted by atomic mass is 16.5. The smallest absolute Gasteiger partial charge is 0.304 e. The number of hydrogen-bond donors (Lipinski definition) is 0. The van der Waals surface area contributed by atoms with E-state index in [1.54, 1.807) is 0 Å². The van der Waals surface area contributed by atoms with Crippen molar-refractivity contribution in [2.45, 2.75) is 46.6 Å². The third-order valence-corrected chi connectivity index (χ3v) is 2.99. The van der Waals surface area contributed by atoms with Crippen molar-refractivity contribution in [1.82, 2.24) is 4.98 Å². The van der Waals surface area contributed by atoms with Gasteiger partial charge in [-0.05, 0) is 44.0 Å². The maximum absolute atomic E-state index is 12.2. The number of nitrogens with zero attached hydrogens (tertiary/aromatic N) is 2. The standard InChI is InChI=1S/C15H20N2O2/c1-9(2)15-16-14-7-6-12(19-10(3)4)8-13(14)11(5)17(15)18/h6-10H,1-5H3. The molecule has 0 aliphatic rings. The summed E-state index contributed by atoms with van der Waals surface area (Å²) in [6.45, 7) is 9.72. The van der Waals surface area contributed by atoms with Gasteiger partial charge in [-0.2, -0.15) is 0 Å². The molecule has 0 spiro atoms. The van der Waals surface area contributed by atoms with E-state index in [1.807, 2.05) is 52.8 Å². The molecule has 4 heteroatoms. The predicted molar refractivity (Wildman–Crippen MR) is 75.3 cm³/mol. The Labute approximate surface area is 113 Å². The fourth-order valence-electron chi connectivity index (χ4n) is 2.06. The molecule has 0 saturated carbocycles. The summed E-state index contributed by atoms with van der Waals surface area (Å²) >= 11 is 0. The van der Waals surface area contributed by atoms with Crippen LogP contribution in [-0.2, 0) is 0 Å². The van der Waals surface area contributed by atoms with Crippen LogP contribution in [0.5, 0.6) is 5.75 Å². The molecule has 1 aromatic carbocycles. The molecule has 4 nitrogen and oxygen atoms in total. The van der Waals surface area contributed by atoms with Gasteiger partial charge in [0.1, 0.15) is 11.4 Å². The van der Waals surface area contributed by atoms with Crippen molar-refractivity contribution in [2.75, 3.05) is 0 Å². The van der Waals surface area contributed by atoms with E-state index in [4.69, 9.17) is 4.74 Å². The lowest BCUT2D eigenvalue weighted by Gasteiger charge is -2.14. The molecule has 0 N–H and O–H groups in total. The fourth-order valence-corrected chi connectivity index (χ4v) is 2.06. The third-order valence-electron chi connectivity index (χ3n) is 2.99. The summed E-state index contributed by atoms with van der Waals surface area (Å²) in [5.41, 5.74) is 1.51. The van der Waals surface area contributed by atoms with Crippen molar-refractivity contribution >= 4 is 10.9 Å². The summed E-state index contributed by atoms with van der Waals surface area (Å²) in [6, 6.07) is 5.69. The highest BCUT2D eigenvalue weighted by Crippen LogP contribution is 2.23. The number of ether oxygens (including phenoxy) is 1. The van der Waals surface area contributed by atoms with Gasteiger partial charge in [0.2, 0.25) is 0 Å². The molecule has 2 rings (SSSR count). The minimum absolute atomic E-state index is 0.104. The van der Waals surface area contributed by atoms with Gasteiger partial charge in [0, 0.05) is 0 Å². The molecule has 0 atom stereocenters. The van der Waals surface area contributed by atoms with E-state index in [9.17, 15) is 5.21 Å². The van der Waals surface area contributed by atoms with Crippen LogP contribution < -0.4 is 9.47 Å². The van der Waals surface area contributed by atoms with Gasteiger partial charge < -0.3 is 9.94 Å². The maximum atomic E-state index is 12.2. The molecule has 0 radical (unpaired) electrons. The van der Waals surface area contributed by atoms with Crippen molar-refractivity contribution in [3.8, 4) is 5.75 Å². The number of hydrogen-bond acceptors (Lipinski definition) is 3. The molecule has 0 saturated heterocycles. The van der Waals surface area contributed by atoms with E-state index in [2.05, 4.69) is 4.98 Å². The highest BCUT2D eigenvalue weighted by Gasteiger charge is 2.19. The summed E-state index contributed by atoms with van der Waals surface area (Å²) in [4.78, 5) is 4.45. The molecule has 0 aliphatic heterocycles. The lowest BCUT2D eigenvalue weighted by atomic mass is 10.1. The highest BCUT2D eigenvalue weighted by molar-refractivity contribution is 5.81. The molecule has 0 amide bonds. The minimum Gasteiger partial charge on any atom is -0.711 e. The normalized spacial score (nSPS) is 11.5. The third kappa shape index (κ3) is 2.62. The Hall–Kier alpha value is -1.84. The second kappa shape index (κ2) is 5.03. The van der Waals surface area contributed by atoms with Gasteiger partial charge in [0.05, 0.1) is 17.4 Å². The second-order valence-corrected chi connectivity index (χ2v) is 5.35. The molecule has 2 aromatic rings. The van der Waals surface area contributed by atoms with Gasteiger partial charge in [0.15, 0.2) is 5.52 Å². The topological polar surface area (TPSA) is 49.1 Å². The Morgan fingerprint density at radius 2 is 1.89 bits per heavy atom. The van der Waals surface area contributed by atoms with Crippen LogP contribution >= 0.6 is 0 Å². The molecule has 0 unspecified atom stereocenters. The van der Waals surface area contributed by atoms with E-state index in [1.165, 1.54) is 0 Å². The predicted octanol–water partition coefficient (Wildman–Crippen LogP) is 3.09. The van der Waals surface area contributed by atoms with Crippen LogP contribution in [0.15, 0.2) is 18.2 Å². The largest absolute Gasteiger partial charge is 0.711 e. The van der Waals surface area contributed by atoms with Gasteiger partial charge >= 0.3 is 5.82 Å². The van der Waals surface area contributed by atoms with Crippen LogP contribution in [0.4, 0.5) is 0 Å². The van der Waals surface area contributed by atoms with E-state index >= 15 is 0 Å². The Kier molecular flexibility index (Phi) is 3.60. The van der Waals surface area contributed by atoms with Crippen LogP contribution in [-0.4, -0.2) is 11.1 Å². The van der Waals surface area contributed by atoms with Crippen LogP contribution in [0, 0.1) is 12.1 Å². The Balaban J connectivity index is 2.61. The Bertz CT molecular complexity index is 607. The fraction of sp³-hybridized carbons (Fsp3) is 0.467. The molecular formula is C15H20N2O2. The SMILES string of the molecule is Cc1c2cc(OC(C)C)ccc2nc(C(C)C)[n+]1[O-]. The first-order chi connectivity index (χ1) is 8.90. The number of fused-ring (bicyclic) bond motifs is 1. The average molecular weight is 260 g/mol. The summed E-state index contributed by atoms with van der Waals surface area (Å²) in [5.74, 6) is 1.43. The Morgan fingerprint density at radius 3 is 2.47 bits per heavy atom. The molecule has 1 heterocycles. The molecule has 102 valence electrons. The van der Waals surface area contributed by atoms with Crippen LogP contribution in [0.1, 0.15) is 45.1 Å². The first kappa shape index (κ1) is 13.6. The van der Waals surface area contributed by atoms with E-state index in [0.29, 0.717) is 11.5 Å². The minimum atomic E-state index is 0.104. The summed E-state index contributed by atoms with van der Waals surface area (Å²) in [7, 11) is 0. The average Bonchev–Trinajstić information content (AvgIpc) is 2.33. The molecule has 19 heavy (non-hydrogen) atoms. The second-order valence-electron chi connectivity index (χ2n) is 5.35. The number of aromatic nitrogens is 2. The first-order valence-electron chi connectivity index (χ1n) is 6.60. The molecule has 0 aliphatic carbocycles. The molecular weight excluding hydrogens is 240 g/mol. The molecule has 1 aromatic heterocycles. The summed E-state index contributed by atoms with van der Waals surface area (Å²) < 4.78 is 6.58. The van der Waals surface area contributed by atoms with Crippen molar-refractivity contribution in [3.05, 3.63) is 34.9 Å². The zero-order chi connectivity index (χ0) is 14.2. The van der Waals surface area contributed by atoms with Gasteiger partial charge in [-0.3, -0.25) is 0 Å². The van der Waals surface area contributed by atoms with Gasteiger partial charge in [-0.1, -0.05) is 13.8 Å². The van der Waals surface area contributed by atoms with Crippen LogP contribution in [0.3, 0.4) is 0 Å². The van der Waals surface area contributed by atoms with Gasteiger partial charge in [-0.15, -0.1) is 0 Å². The van der Waals surface area contributed by atoms with E-state index in [-0.39, 0.29) is 12.0 Å². The number of aryl methyl sites for hydroxylation is 1. The zero-order valence-electron chi connectivity index (χ0n) is 12.1. The van der Waals surface area contributed by atoms with Crippen LogP contribution in [0.2, 0.25) is 0 Å². The van der Waals surface area contributed by atoms with E-state index in [0.717, 1.165) is 21.4 Å². The number of benzene rings is 1. The molecule has 0 bridgehead atoms. The van der Waals surface area contributed by atoms with Crippen molar-refractivity contribution < 1.29 is 9.47 Å². The van der Waals surface area contributed by atoms with Crippen molar-refractivity contribution in [1.29, 1.82) is 0 Å². The summed E-state index contributed by atoms with van der Waals surface area (Å²) in [5, 5.41) is 13.0. The summed E-state index contributed by atoms with van der Waals surface area (Å²) in [6.07, 6.45) is 0.111. The lowest BCUT2D eigenvalue weighted by molar-refractivity contribution is -0.623. The lowest BCUT2D eigenvalue weighted by Crippen LogP contribution is -2.37. The van der Waals surface area contributed by atoms with Crippen molar-refractivity contribution in [2.24, 2.45) is 0 Å². The van der Waals surface area contributed by atoms with Gasteiger partial charge in [0.25, 0.3) is 0 Å². The maximum Gasteiger partial charge on any atom is 0.304 e. The van der Waals surface area contributed by atoms with Crippen molar-refractivity contribution in [3.63, 3.8) is 0 Å². The molecule has 0 fully saturated rings. The van der Waals surface area contributed by atoms with Gasteiger partial charge in [-0.25, -0.2) is 4.73 Å². The first-order valence-corrected chi connectivity index (χ1v) is 6.60. The Morgan fingerprint density at radius 1 is 1.21 bits per heavy atom. The zero-order valence-corrected chi connectivity index (χ0v) is 12.1. The number of rotatable bonds is 3.